The van der Waals surface area contributed by atoms with Gasteiger partial charge in [0.05, 0.1) is 22.8 Å². The minimum atomic E-state index is 0.623. The standard InChI is InChI=1S/C120H80N6/c1-10-37-81(38-11-1)107-71-115(85-45-18-5-19-46-85)121-77-111(107)103-59-32-28-55-97(103)90-65-91(98-56-29-33-60-104(98)112-78-122-116(86-47-20-6-21-48-86)72-108(112)82-39-12-2-13-40-82)68-94(67-90)101-63-36-64-102(119(101)96-75-125-120(126-76-96)89-53-26-9-27-54-89)95-69-92(99-57-30-34-61-105(99)113-79-123-117(87-49-22-7-23-50-87)73-109(113)83-41-14-3-15-42-83)66-93(70-95)100-58-31-35-62-106(100)114-80-124-118(88-51-24-8-25-52-88)74-110(114)84-43-16-4-17-44-84/h1-80H. The summed E-state index contributed by atoms with van der Waals surface area (Å²) < 4.78 is 0. The first-order chi connectivity index (χ1) is 62.5. The number of hydrogen-bond donors (Lipinski definition) is 0. The Labute approximate surface area is 734 Å². The lowest BCUT2D eigenvalue weighted by Gasteiger charge is -2.22. The van der Waals surface area contributed by atoms with Gasteiger partial charge >= 0.3 is 0 Å². The number of pyridine rings is 4. The number of hydrogen-bond acceptors (Lipinski definition) is 6. The zero-order valence-corrected chi connectivity index (χ0v) is 68.9. The van der Waals surface area contributed by atoms with Crippen molar-refractivity contribution in [2.45, 2.75) is 0 Å². The molecule has 0 aliphatic carbocycles. The minimum Gasteiger partial charge on any atom is -0.256 e. The molecule has 5 heterocycles. The minimum absolute atomic E-state index is 0.623. The normalized spacial score (nSPS) is 11.2. The van der Waals surface area contributed by atoms with Gasteiger partial charge in [0.2, 0.25) is 0 Å². The molecule has 0 spiro atoms. The molecular formula is C120H80N6. The molecule has 0 amide bonds. The van der Waals surface area contributed by atoms with Crippen LogP contribution < -0.4 is 0 Å². The molecule has 21 aromatic rings. The average molecular weight is 1610 g/mol. The summed E-state index contributed by atoms with van der Waals surface area (Å²) in [5.41, 5.74) is 39.3. The van der Waals surface area contributed by atoms with Gasteiger partial charge in [-0.1, -0.05) is 388 Å². The van der Waals surface area contributed by atoms with Crippen LogP contribution in [-0.2, 0) is 0 Å². The molecule has 0 aliphatic rings. The average Bonchev–Trinajstić information content (AvgIpc) is 0.747. The van der Waals surface area contributed by atoms with E-state index in [9.17, 15) is 0 Å². The van der Waals surface area contributed by atoms with Crippen LogP contribution in [0, 0.1) is 0 Å². The fourth-order valence-corrected chi connectivity index (χ4v) is 17.8. The van der Waals surface area contributed by atoms with E-state index in [1.165, 1.54) is 0 Å². The first-order valence-electron chi connectivity index (χ1n) is 42.6. The Morgan fingerprint density at radius 2 is 0.294 bits per heavy atom. The zero-order valence-electron chi connectivity index (χ0n) is 68.9. The Kier molecular flexibility index (Phi) is 21.1. The third-order valence-corrected chi connectivity index (χ3v) is 23.9. The second kappa shape index (κ2) is 34.7. The van der Waals surface area contributed by atoms with Crippen LogP contribution >= 0.6 is 0 Å². The Bertz CT molecular complexity index is 6720. The fraction of sp³-hybridized carbons (Fsp3) is 0. The predicted molar refractivity (Wildman–Crippen MR) is 522 cm³/mol. The van der Waals surface area contributed by atoms with Gasteiger partial charge in [-0.2, -0.15) is 0 Å². The van der Waals surface area contributed by atoms with Gasteiger partial charge < -0.3 is 0 Å². The van der Waals surface area contributed by atoms with E-state index in [1.54, 1.807) is 0 Å². The molecule has 0 fully saturated rings. The molecule has 0 saturated heterocycles. The molecule has 0 radical (unpaired) electrons. The summed E-state index contributed by atoms with van der Waals surface area (Å²) in [6.45, 7) is 0. The van der Waals surface area contributed by atoms with Gasteiger partial charge in [0.1, 0.15) is 0 Å². The quantitative estimate of drug-likeness (QED) is 0.0757. The smallest absolute Gasteiger partial charge is 0.159 e. The Balaban J connectivity index is 0.832. The van der Waals surface area contributed by atoms with Crippen molar-refractivity contribution in [2.24, 2.45) is 0 Å². The Morgan fingerprint density at radius 3 is 0.532 bits per heavy atom. The lowest BCUT2D eigenvalue weighted by molar-refractivity contribution is 1.18. The van der Waals surface area contributed by atoms with Crippen LogP contribution in [0.1, 0.15) is 0 Å². The van der Waals surface area contributed by atoms with E-state index in [0.717, 1.165) is 217 Å². The molecule has 0 atom stereocenters. The molecule has 16 aromatic carbocycles. The summed E-state index contributed by atoms with van der Waals surface area (Å²) in [6.07, 6.45) is 12.3. The SMILES string of the molecule is c1ccc(-c2cc(-c3ccccc3)c(-c3ccccc3-c3cc(-c4ccccc4-c4cnc(-c5ccccc5)cc4-c4ccccc4)cc(-c4cccc(-c5cc(-c6ccccc6-c6cnc(-c7ccccc7)cc6-c6ccccc6)cc(-c6ccccc6-c6cnc(-c7ccccc7)cc6-c6ccccc6)c5)c4-c4cnc(-c5ccccc5)nc4)c3)cn2)cc1. The van der Waals surface area contributed by atoms with Crippen molar-refractivity contribution in [1.82, 2.24) is 29.9 Å². The predicted octanol–water partition coefficient (Wildman–Crippen LogP) is 31.4. The van der Waals surface area contributed by atoms with Crippen LogP contribution in [-0.4, -0.2) is 29.9 Å². The van der Waals surface area contributed by atoms with Gasteiger partial charge in [-0.3, -0.25) is 19.9 Å². The Hall–Kier alpha value is -16.8. The molecule has 21 rings (SSSR count). The van der Waals surface area contributed by atoms with Gasteiger partial charge in [-0.15, -0.1) is 0 Å². The van der Waals surface area contributed by atoms with Gasteiger partial charge in [0.25, 0.3) is 0 Å². The maximum Gasteiger partial charge on any atom is 0.159 e. The molecular weight excluding hydrogens is 1530 g/mol. The lowest BCUT2D eigenvalue weighted by Crippen LogP contribution is -1.97. The van der Waals surface area contributed by atoms with Gasteiger partial charge in [0, 0.05) is 98.4 Å². The van der Waals surface area contributed by atoms with Crippen molar-refractivity contribution in [2.75, 3.05) is 0 Å². The van der Waals surface area contributed by atoms with Crippen molar-refractivity contribution >= 4 is 0 Å². The lowest BCUT2D eigenvalue weighted by atomic mass is 9.82. The summed E-state index contributed by atoms with van der Waals surface area (Å²) in [6, 6.07) is 160. The van der Waals surface area contributed by atoms with E-state index in [2.05, 4.69) is 455 Å². The molecule has 0 N–H and O–H groups in total. The van der Waals surface area contributed by atoms with E-state index < -0.39 is 0 Å². The largest absolute Gasteiger partial charge is 0.256 e. The molecule has 590 valence electrons. The van der Waals surface area contributed by atoms with Crippen LogP contribution in [0.15, 0.2) is 486 Å². The summed E-state index contributed by atoms with van der Waals surface area (Å²) in [5.74, 6) is 0.623. The monoisotopic (exact) mass is 1600 g/mol. The molecule has 5 aromatic heterocycles. The molecule has 0 aliphatic heterocycles. The molecule has 126 heavy (non-hydrogen) atoms. The second-order valence-electron chi connectivity index (χ2n) is 31.6. The summed E-state index contributed by atoms with van der Waals surface area (Å²) in [5, 5.41) is 0. The van der Waals surface area contributed by atoms with Crippen LogP contribution in [0.25, 0.3) is 223 Å². The highest BCUT2D eigenvalue weighted by Crippen LogP contribution is 2.51. The van der Waals surface area contributed by atoms with E-state index in [-0.39, 0.29) is 0 Å². The second-order valence-corrected chi connectivity index (χ2v) is 31.6. The van der Waals surface area contributed by atoms with E-state index >= 15 is 0 Å². The van der Waals surface area contributed by atoms with E-state index in [4.69, 9.17) is 29.9 Å². The van der Waals surface area contributed by atoms with Crippen LogP contribution in [0.4, 0.5) is 0 Å². The maximum atomic E-state index is 5.34. The number of rotatable bonds is 20. The molecule has 0 saturated carbocycles. The molecule has 6 heteroatoms. The molecule has 0 unspecified atom stereocenters. The number of aromatic nitrogens is 6. The van der Waals surface area contributed by atoms with Crippen molar-refractivity contribution in [1.29, 1.82) is 0 Å². The van der Waals surface area contributed by atoms with Gasteiger partial charge in [0.15, 0.2) is 5.82 Å². The van der Waals surface area contributed by atoms with E-state index in [1.807, 2.05) is 30.6 Å². The van der Waals surface area contributed by atoms with E-state index in [0.29, 0.717) is 5.82 Å². The van der Waals surface area contributed by atoms with Crippen molar-refractivity contribution in [3.8, 4) is 223 Å². The highest BCUT2D eigenvalue weighted by atomic mass is 14.9. The molecule has 0 bridgehead atoms. The third kappa shape index (κ3) is 15.5. The van der Waals surface area contributed by atoms with Crippen molar-refractivity contribution in [3.63, 3.8) is 0 Å². The summed E-state index contributed by atoms with van der Waals surface area (Å²) in [4.78, 5) is 31.9. The molecule has 6 nitrogen and oxygen atoms in total. The third-order valence-electron chi connectivity index (χ3n) is 23.9. The number of benzene rings is 16. The van der Waals surface area contributed by atoms with Crippen molar-refractivity contribution in [3.05, 3.63) is 486 Å². The van der Waals surface area contributed by atoms with Crippen LogP contribution in [0.2, 0.25) is 0 Å². The fourth-order valence-electron chi connectivity index (χ4n) is 17.8. The zero-order chi connectivity index (χ0) is 83.9. The Morgan fingerprint density at radius 1 is 0.103 bits per heavy atom. The summed E-state index contributed by atoms with van der Waals surface area (Å²) >= 11 is 0. The topological polar surface area (TPSA) is 77.3 Å². The first kappa shape index (κ1) is 76.6. The van der Waals surface area contributed by atoms with Crippen molar-refractivity contribution < 1.29 is 0 Å². The van der Waals surface area contributed by atoms with Gasteiger partial charge in [-0.25, -0.2) is 9.97 Å². The highest BCUT2D eigenvalue weighted by molar-refractivity contribution is 6.04. The van der Waals surface area contributed by atoms with Gasteiger partial charge in [-0.05, 0) is 194 Å². The van der Waals surface area contributed by atoms with Crippen LogP contribution in [0.3, 0.4) is 0 Å². The van der Waals surface area contributed by atoms with Crippen LogP contribution in [0.5, 0.6) is 0 Å². The highest BCUT2D eigenvalue weighted by Gasteiger charge is 2.26. The number of nitrogens with zero attached hydrogens (tertiary/aromatic N) is 6. The summed E-state index contributed by atoms with van der Waals surface area (Å²) in [7, 11) is 0. The first-order valence-corrected chi connectivity index (χ1v) is 42.6. The maximum absolute atomic E-state index is 5.34.